The molecule has 136 valence electrons. The Hall–Kier alpha value is -2.22. The molecule has 3 rings (SSSR count). The highest BCUT2D eigenvalue weighted by molar-refractivity contribution is 5.95. The lowest BCUT2D eigenvalue weighted by Gasteiger charge is -2.39. The first kappa shape index (κ1) is 17.6. The van der Waals surface area contributed by atoms with Crippen LogP contribution in [-0.4, -0.2) is 54.7 Å². The third-order valence-corrected chi connectivity index (χ3v) is 5.24. The minimum atomic E-state index is -0.949. The highest BCUT2D eigenvalue weighted by atomic mass is 19.1. The van der Waals surface area contributed by atoms with Gasteiger partial charge in [0.15, 0.2) is 0 Å². The molecule has 0 radical (unpaired) electrons. The summed E-state index contributed by atoms with van der Waals surface area (Å²) >= 11 is 0. The van der Waals surface area contributed by atoms with Crippen molar-refractivity contribution in [3.63, 3.8) is 0 Å². The van der Waals surface area contributed by atoms with Gasteiger partial charge >= 0.3 is 5.97 Å². The number of hydrogen-bond donors (Lipinski definition) is 2. The van der Waals surface area contributed by atoms with Crippen LogP contribution in [0.4, 0.5) is 8.78 Å². The molecule has 2 aliphatic heterocycles. The molecule has 0 unspecified atom stereocenters. The van der Waals surface area contributed by atoms with Crippen LogP contribution in [0.5, 0.6) is 5.75 Å². The van der Waals surface area contributed by atoms with E-state index in [1.54, 1.807) is 0 Å². The Balaban J connectivity index is 1.70. The fourth-order valence-corrected chi connectivity index (χ4v) is 3.69. The summed E-state index contributed by atoms with van der Waals surface area (Å²) in [5.74, 6) is -3.45. The van der Waals surface area contributed by atoms with Crippen molar-refractivity contribution in [1.82, 2.24) is 10.2 Å². The Morgan fingerprint density at radius 1 is 1.28 bits per heavy atom. The standard InChI is InChI=1S/C17H20F2N2O4/c1-25-10-6-11(18)14(12(19)7-10)15(22)21-4-2-17(3-5-21)8-13(16(23)24)20-9-17/h6-7,13,20H,2-5,8-9H2,1H3,(H,23,24)/t13-/m0/s1. The number of methoxy groups -OCH3 is 1. The van der Waals surface area contributed by atoms with Gasteiger partial charge in [0.1, 0.15) is 29.0 Å². The zero-order valence-electron chi connectivity index (χ0n) is 13.8. The smallest absolute Gasteiger partial charge is 0.320 e. The molecule has 1 amide bonds. The summed E-state index contributed by atoms with van der Waals surface area (Å²) < 4.78 is 33.0. The number of hydrogen-bond acceptors (Lipinski definition) is 4. The van der Waals surface area contributed by atoms with Gasteiger partial charge in [0, 0.05) is 31.8 Å². The van der Waals surface area contributed by atoms with Crippen LogP contribution in [0.1, 0.15) is 29.6 Å². The van der Waals surface area contributed by atoms with Crippen molar-refractivity contribution in [2.45, 2.75) is 25.3 Å². The predicted octanol–water partition coefficient (Wildman–Crippen LogP) is 1.64. The molecular weight excluding hydrogens is 334 g/mol. The molecule has 1 spiro atoms. The molecule has 2 aliphatic rings. The number of piperidine rings is 1. The Morgan fingerprint density at radius 2 is 1.88 bits per heavy atom. The average Bonchev–Trinajstić information content (AvgIpc) is 2.98. The Morgan fingerprint density at radius 3 is 2.36 bits per heavy atom. The second-order valence-corrected chi connectivity index (χ2v) is 6.73. The van der Waals surface area contributed by atoms with Gasteiger partial charge in [-0.2, -0.15) is 0 Å². The van der Waals surface area contributed by atoms with Crippen molar-refractivity contribution in [3.05, 3.63) is 29.3 Å². The predicted molar refractivity (Wildman–Crippen MR) is 84.5 cm³/mol. The minimum Gasteiger partial charge on any atom is -0.497 e. The SMILES string of the molecule is COc1cc(F)c(C(=O)N2CCC3(CC2)CN[C@H](C(=O)O)C3)c(F)c1. The third-order valence-electron chi connectivity index (χ3n) is 5.24. The fourth-order valence-electron chi connectivity index (χ4n) is 3.69. The summed E-state index contributed by atoms with van der Waals surface area (Å²) in [7, 11) is 1.29. The summed E-state index contributed by atoms with van der Waals surface area (Å²) in [6, 6.07) is 1.40. The number of nitrogens with one attached hydrogen (secondary N) is 1. The molecule has 6 nitrogen and oxygen atoms in total. The number of carboxylic acid groups (broad SMARTS) is 1. The molecule has 0 aromatic heterocycles. The summed E-state index contributed by atoms with van der Waals surface area (Å²) in [4.78, 5) is 25.0. The number of likely N-dealkylation sites (tertiary alicyclic amines) is 1. The van der Waals surface area contributed by atoms with Crippen LogP contribution in [0.2, 0.25) is 0 Å². The molecule has 2 saturated heterocycles. The largest absolute Gasteiger partial charge is 0.497 e. The third kappa shape index (κ3) is 3.30. The van der Waals surface area contributed by atoms with Crippen molar-refractivity contribution in [2.24, 2.45) is 5.41 Å². The maximum absolute atomic E-state index is 14.1. The van der Waals surface area contributed by atoms with Crippen molar-refractivity contribution >= 4 is 11.9 Å². The molecule has 2 N–H and O–H groups in total. The number of carbonyl (C=O) groups excluding carboxylic acids is 1. The topological polar surface area (TPSA) is 78.9 Å². The van der Waals surface area contributed by atoms with Crippen LogP contribution >= 0.6 is 0 Å². The van der Waals surface area contributed by atoms with Crippen molar-refractivity contribution < 1.29 is 28.2 Å². The van der Waals surface area contributed by atoms with Crippen LogP contribution in [0.15, 0.2) is 12.1 Å². The van der Waals surface area contributed by atoms with Crippen LogP contribution < -0.4 is 10.1 Å². The molecule has 2 fully saturated rings. The summed E-state index contributed by atoms with van der Waals surface area (Å²) in [6.07, 6.45) is 1.72. The van der Waals surface area contributed by atoms with Gasteiger partial charge in [0.25, 0.3) is 5.91 Å². The average molecular weight is 354 g/mol. The van der Waals surface area contributed by atoms with Gasteiger partial charge in [-0.3, -0.25) is 9.59 Å². The number of ether oxygens (including phenoxy) is 1. The number of rotatable bonds is 3. The van der Waals surface area contributed by atoms with Crippen LogP contribution in [0, 0.1) is 17.0 Å². The van der Waals surface area contributed by atoms with Gasteiger partial charge in [0.05, 0.1) is 7.11 Å². The van der Waals surface area contributed by atoms with Gasteiger partial charge in [-0.05, 0) is 24.7 Å². The molecule has 0 saturated carbocycles. The number of carboxylic acids is 1. The lowest BCUT2D eigenvalue weighted by atomic mass is 9.76. The second-order valence-electron chi connectivity index (χ2n) is 6.73. The van der Waals surface area contributed by atoms with Crippen LogP contribution in [0.25, 0.3) is 0 Å². The summed E-state index contributed by atoms with van der Waals surface area (Å²) in [6.45, 7) is 1.27. The zero-order valence-corrected chi connectivity index (χ0v) is 13.8. The van der Waals surface area contributed by atoms with Crippen molar-refractivity contribution in [1.29, 1.82) is 0 Å². The molecule has 25 heavy (non-hydrogen) atoms. The van der Waals surface area contributed by atoms with E-state index in [9.17, 15) is 18.4 Å². The van der Waals surface area contributed by atoms with E-state index in [1.165, 1.54) is 12.0 Å². The molecule has 1 aromatic rings. The first-order valence-electron chi connectivity index (χ1n) is 8.14. The molecular formula is C17H20F2N2O4. The van der Waals surface area contributed by atoms with Crippen molar-refractivity contribution in [3.8, 4) is 5.75 Å². The fraction of sp³-hybridized carbons (Fsp3) is 0.529. The Kier molecular flexibility index (Phi) is 4.64. The van der Waals surface area contributed by atoms with Gasteiger partial charge in [-0.25, -0.2) is 8.78 Å². The summed E-state index contributed by atoms with van der Waals surface area (Å²) in [5, 5.41) is 12.1. The molecule has 0 aliphatic carbocycles. The van der Waals surface area contributed by atoms with E-state index in [0.29, 0.717) is 38.9 Å². The number of carbonyl (C=O) groups is 2. The zero-order chi connectivity index (χ0) is 18.2. The minimum absolute atomic E-state index is 0.0147. The molecule has 1 atom stereocenters. The number of benzene rings is 1. The van der Waals surface area contributed by atoms with E-state index in [0.717, 1.165) is 12.1 Å². The van der Waals surface area contributed by atoms with Crippen LogP contribution in [0.3, 0.4) is 0 Å². The monoisotopic (exact) mass is 354 g/mol. The van der Waals surface area contributed by atoms with Gasteiger partial charge in [-0.15, -0.1) is 0 Å². The maximum Gasteiger partial charge on any atom is 0.320 e. The second kappa shape index (κ2) is 6.59. The van der Waals surface area contributed by atoms with Gasteiger partial charge in [-0.1, -0.05) is 0 Å². The molecule has 8 heteroatoms. The lowest BCUT2D eigenvalue weighted by molar-refractivity contribution is -0.139. The molecule has 1 aromatic carbocycles. The van der Waals surface area contributed by atoms with E-state index in [4.69, 9.17) is 9.84 Å². The lowest BCUT2D eigenvalue weighted by Crippen LogP contribution is -2.44. The molecule has 0 bridgehead atoms. The van der Waals surface area contributed by atoms with E-state index >= 15 is 0 Å². The number of aliphatic carboxylic acids is 1. The normalized spacial score (nSPS) is 22.2. The maximum atomic E-state index is 14.1. The van der Waals surface area contributed by atoms with E-state index in [2.05, 4.69) is 5.32 Å². The van der Waals surface area contributed by atoms with E-state index in [-0.39, 0.29) is 11.2 Å². The van der Waals surface area contributed by atoms with Crippen molar-refractivity contribution in [2.75, 3.05) is 26.7 Å². The number of nitrogens with zero attached hydrogens (tertiary/aromatic N) is 1. The first-order valence-corrected chi connectivity index (χ1v) is 8.14. The van der Waals surface area contributed by atoms with Gasteiger partial charge < -0.3 is 20.1 Å². The number of halogens is 2. The highest BCUT2D eigenvalue weighted by Gasteiger charge is 2.44. The first-order chi connectivity index (χ1) is 11.8. The van der Waals surface area contributed by atoms with E-state index < -0.39 is 35.1 Å². The van der Waals surface area contributed by atoms with Crippen LogP contribution in [-0.2, 0) is 4.79 Å². The summed E-state index contributed by atoms with van der Waals surface area (Å²) in [5.41, 5.74) is -0.749. The Labute approximate surface area is 143 Å². The molecule has 2 heterocycles. The van der Waals surface area contributed by atoms with Gasteiger partial charge in [0.2, 0.25) is 0 Å². The Bertz CT molecular complexity index is 679. The highest BCUT2D eigenvalue weighted by Crippen LogP contribution is 2.39. The van der Waals surface area contributed by atoms with E-state index in [1.807, 2.05) is 0 Å². The quantitative estimate of drug-likeness (QED) is 0.863. The number of amides is 1.